The summed E-state index contributed by atoms with van der Waals surface area (Å²) in [6, 6.07) is 0. The molecule has 2 unspecified atom stereocenters. The van der Waals surface area contributed by atoms with Crippen LogP contribution in [0.2, 0.25) is 0 Å². The zero-order valence-corrected chi connectivity index (χ0v) is 18.9. The van der Waals surface area contributed by atoms with Gasteiger partial charge in [0.25, 0.3) is 0 Å². The highest BCUT2D eigenvalue weighted by Crippen LogP contribution is 2.26. The van der Waals surface area contributed by atoms with Gasteiger partial charge in [0.05, 0.1) is 35.0 Å². The van der Waals surface area contributed by atoms with Gasteiger partial charge in [-0.2, -0.15) is 0 Å². The molecule has 0 aromatic heterocycles. The minimum absolute atomic E-state index is 0.0244. The number of alkyl carbamates (subject to hydrolysis) is 1. The Bertz CT molecular complexity index is 528. The molecule has 7 heteroatoms. The van der Waals surface area contributed by atoms with Crippen LogP contribution < -0.4 is 8.85 Å². The van der Waals surface area contributed by atoms with Crippen molar-refractivity contribution >= 4 is 35.1 Å². The molecule has 2 N–H and O–H groups in total. The molecule has 2 atom stereocenters. The van der Waals surface area contributed by atoms with Crippen molar-refractivity contribution in [3.63, 3.8) is 0 Å². The lowest BCUT2D eigenvalue weighted by Crippen LogP contribution is -2.49. The number of carbonyl (C=O) groups is 2. The van der Waals surface area contributed by atoms with Gasteiger partial charge in [-0.3, -0.25) is 3.53 Å². The fourth-order valence-electron chi connectivity index (χ4n) is 3.09. The standard InChI is InChI=1S/C20H33IN2O4/c1-4-5-6-7-10-15-26-18(24)22-20(2,3)16-11-8-9-12-17(14-13-16)27-19(25)23-21/h16-17H,4-7,9-10,12-15H2,1-3H3,(H,22,24)(H,23,25). The summed E-state index contributed by atoms with van der Waals surface area (Å²) < 4.78 is 13.1. The van der Waals surface area contributed by atoms with Gasteiger partial charge in [-0.25, -0.2) is 9.59 Å². The maximum atomic E-state index is 12.1. The molecule has 27 heavy (non-hydrogen) atoms. The third-order valence-corrected chi connectivity index (χ3v) is 5.21. The summed E-state index contributed by atoms with van der Waals surface area (Å²) in [5, 5.41) is 2.96. The van der Waals surface area contributed by atoms with E-state index in [0.717, 1.165) is 32.1 Å². The van der Waals surface area contributed by atoms with Crippen LogP contribution in [-0.2, 0) is 9.47 Å². The maximum absolute atomic E-state index is 12.1. The van der Waals surface area contributed by atoms with Gasteiger partial charge in [0.15, 0.2) is 0 Å². The molecule has 0 aromatic rings. The van der Waals surface area contributed by atoms with Crippen molar-refractivity contribution in [3.05, 3.63) is 0 Å². The first-order valence-corrected chi connectivity index (χ1v) is 11.0. The van der Waals surface area contributed by atoms with Crippen molar-refractivity contribution in [1.82, 2.24) is 8.85 Å². The zero-order chi connectivity index (χ0) is 20.1. The van der Waals surface area contributed by atoms with Gasteiger partial charge in [-0.1, -0.05) is 38.5 Å². The molecule has 154 valence electrons. The molecule has 0 radical (unpaired) electrons. The highest BCUT2D eigenvalue weighted by Gasteiger charge is 2.32. The van der Waals surface area contributed by atoms with E-state index in [4.69, 9.17) is 9.47 Å². The Balaban J connectivity index is 2.45. The van der Waals surface area contributed by atoms with E-state index in [2.05, 4.69) is 27.6 Å². The van der Waals surface area contributed by atoms with Crippen LogP contribution in [0.3, 0.4) is 0 Å². The summed E-state index contributed by atoms with van der Waals surface area (Å²) >= 11 is 1.76. The largest absolute Gasteiger partial charge is 0.450 e. The lowest BCUT2D eigenvalue weighted by atomic mass is 9.82. The van der Waals surface area contributed by atoms with Gasteiger partial charge >= 0.3 is 12.2 Å². The molecule has 1 aliphatic carbocycles. The number of ether oxygens (including phenoxy) is 2. The molecule has 0 spiro atoms. The molecular weight excluding hydrogens is 459 g/mol. The molecule has 0 aliphatic heterocycles. The first kappa shape index (κ1) is 23.9. The van der Waals surface area contributed by atoms with Crippen molar-refractivity contribution in [3.8, 4) is 11.8 Å². The number of hydrogen-bond acceptors (Lipinski definition) is 4. The Kier molecular flexibility index (Phi) is 11.6. The SMILES string of the molecule is CCCCCCCOC(=O)NC(C)(C)C1C#CCCC(OC(=O)NI)CC1. The third-order valence-electron chi connectivity index (χ3n) is 4.77. The van der Waals surface area contributed by atoms with Crippen LogP contribution in [0.15, 0.2) is 0 Å². The number of amides is 2. The average Bonchev–Trinajstić information content (AvgIpc) is 2.59. The van der Waals surface area contributed by atoms with Gasteiger partial charge in [-0.05, 0) is 39.5 Å². The Labute approximate surface area is 177 Å². The van der Waals surface area contributed by atoms with Gasteiger partial charge in [-0.15, -0.1) is 5.92 Å². The van der Waals surface area contributed by atoms with Crippen LogP contribution in [0.5, 0.6) is 0 Å². The van der Waals surface area contributed by atoms with Crippen molar-refractivity contribution in [2.75, 3.05) is 6.61 Å². The number of hydrogen-bond donors (Lipinski definition) is 2. The Morgan fingerprint density at radius 1 is 1.11 bits per heavy atom. The van der Waals surface area contributed by atoms with Gasteiger partial charge in [0.2, 0.25) is 0 Å². The van der Waals surface area contributed by atoms with Crippen LogP contribution in [0.4, 0.5) is 9.59 Å². The van der Waals surface area contributed by atoms with Crippen molar-refractivity contribution in [2.24, 2.45) is 5.92 Å². The lowest BCUT2D eigenvalue weighted by Gasteiger charge is -2.33. The summed E-state index contributed by atoms with van der Waals surface area (Å²) in [4.78, 5) is 23.6. The van der Waals surface area contributed by atoms with Crippen molar-refractivity contribution in [2.45, 2.75) is 90.2 Å². The van der Waals surface area contributed by atoms with E-state index in [1.807, 2.05) is 13.8 Å². The predicted molar refractivity (Wildman–Crippen MR) is 114 cm³/mol. The molecule has 0 bridgehead atoms. The van der Waals surface area contributed by atoms with Crippen molar-refractivity contribution in [1.29, 1.82) is 0 Å². The molecule has 0 saturated heterocycles. The van der Waals surface area contributed by atoms with Crippen LogP contribution in [-0.4, -0.2) is 30.4 Å². The third kappa shape index (κ3) is 10.1. The quantitative estimate of drug-likeness (QED) is 0.203. The number of halogens is 1. The van der Waals surface area contributed by atoms with Crippen LogP contribution in [0, 0.1) is 17.8 Å². The fraction of sp³-hybridized carbons (Fsp3) is 0.800. The Morgan fingerprint density at radius 2 is 1.85 bits per heavy atom. The monoisotopic (exact) mass is 492 g/mol. The highest BCUT2D eigenvalue weighted by molar-refractivity contribution is 14.1. The minimum Gasteiger partial charge on any atom is -0.450 e. The van der Waals surface area contributed by atoms with Gasteiger partial charge in [0.1, 0.15) is 6.10 Å². The first-order valence-electron chi connectivity index (χ1n) is 9.89. The van der Waals surface area contributed by atoms with E-state index in [9.17, 15) is 9.59 Å². The summed E-state index contributed by atoms with van der Waals surface area (Å²) in [6.45, 7) is 6.55. The van der Waals surface area contributed by atoms with E-state index in [1.165, 1.54) is 19.3 Å². The first-order chi connectivity index (χ1) is 12.9. The minimum atomic E-state index is -0.514. The highest BCUT2D eigenvalue weighted by atomic mass is 127. The number of unbranched alkanes of at least 4 members (excludes halogenated alkanes) is 4. The fourth-order valence-corrected chi connectivity index (χ4v) is 3.21. The molecule has 0 aromatic carbocycles. The Morgan fingerprint density at radius 3 is 2.56 bits per heavy atom. The summed E-state index contributed by atoms with van der Waals surface area (Å²) in [5.41, 5.74) is -0.514. The van der Waals surface area contributed by atoms with Crippen LogP contribution in [0.1, 0.15) is 78.6 Å². The molecular formula is C20H33IN2O4. The van der Waals surface area contributed by atoms with E-state index < -0.39 is 17.7 Å². The van der Waals surface area contributed by atoms with E-state index >= 15 is 0 Å². The topological polar surface area (TPSA) is 76.7 Å². The molecule has 1 aliphatic rings. The van der Waals surface area contributed by atoms with E-state index in [-0.39, 0.29) is 12.0 Å². The molecule has 0 saturated carbocycles. The van der Waals surface area contributed by atoms with Crippen LogP contribution >= 0.6 is 22.9 Å². The number of rotatable bonds is 9. The zero-order valence-electron chi connectivity index (χ0n) is 16.7. The maximum Gasteiger partial charge on any atom is 0.416 e. The summed E-state index contributed by atoms with van der Waals surface area (Å²) in [6.07, 6.45) is 7.51. The smallest absolute Gasteiger partial charge is 0.416 e. The number of nitrogens with one attached hydrogen (secondary N) is 2. The van der Waals surface area contributed by atoms with E-state index in [1.54, 1.807) is 22.9 Å². The summed E-state index contributed by atoms with van der Waals surface area (Å²) in [7, 11) is 0. The average molecular weight is 492 g/mol. The normalized spacial score (nSPS) is 19.7. The van der Waals surface area contributed by atoms with Crippen molar-refractivity contribution < 1.29 is 19.1 Å². The second-order valence-electron chi connectivity index (χ2n) is 7.51. The molecule has 0 fully saturated rings. The van der Waals surface area contributed by atoms with E-state index in [0.29, 0.717) is 13.0 Å². The molecule has 6 nitrogen and oxygen atoms in total. The lowest BCUT2D eigenvalue weighted by molar-refractivity contribution is 0.0872. The van der Waals surface area contributed by atoms with Gasteiger partial charge < -0.3 is 14.8 Å². The van der Waals surface area contributed by atoms with Gasteiger partial charge in [0, 0.05) is 12.3 Å². The summed E-state index contributed by atoms with van der Waals surface area (Å²) in [5.74, 6) is 6.40. The second kappa shape index (κ2) is 13.1. The number of carbonyl (C=O) groups excluding carboxylic acids is 2. The molecule has 0 heterocycles. The molecule has 1 rings (SSSR count). The Hall–Kier alpha value is -1.17. The molecule has 2 amide bonds. The van der Waals surface area contributed by atoms with Crippen LogP contribution in [0.25, 0.3) is 0 Å². The predicted octanol–water partition coefficient (Wildman–Crippen LogP) is 5.10. The second-order valence-corrected chi connectivity index (χ2v) is 8.05.